The minimum absolute atomic E-state index is 0.0617. The summed E-state index contributed by atoms with van der Waals surface area (Å²) in [5, 5.41) is 0.461. The third kappa shape index (κ3) is 3.21. The monoisotopic (exact) mass is 319 g/mol. The molecule has 0 saturated carbocycles. The van der Waals surface area contributed by atoms with Crippen molar-refractivity contribution < 1.29 is 27.1 Å². The number of aryl methyl sites for hydroxylation is 1. The maximum absolute atomic E-state index is 13.4. The van der Waals surface area contributed by atoms with E-state index in [-0.39, 0.29) is 16.1 Å². The molecule has 8 heteroatoms. The summed E-state index contributed by atoms with van der Waals surface area (Å²) in [5.74, 6) is -1.83. The predicted octanol–water partition coefficient (Wildman–Crippen LogP) is 4.06. The number of hydrogen-bond donors (Lipinski definition) is 0. The van der Waals surface area contributed by atoms with Gasteiger partial charge in [-0.05, 0) is 30.7 Å². The molecular weight excluding hydrogens is 310 g/mol. The number of carbonyl (C=O) groups is 1. The Kier molecular flexibility index (Phi) is 3.99. The lowest BCUT2D eigenvalue weighted by Gasteiger charge is -2.09. The number of nitrogens with zero attached hydrogens (tertiary/aromatic N) is 1. The predicted molar refractivity (Wildman–Crippen MR) is 68.6 cm³/mol. The van der Waals surface area contributed by atoms with Gasteiger partial charge in [0, 0.05) is 0 Å². The van der Waals surface area contributed by atoms with Crippen molar-refractivity contribution in [2.45, 2.75) is 13.1 Å². The Balaban J connectivity index is 2.62. The molecule has 3 nitrogen and oxygen atoms in total. The fourth-order valence-electron chi connectivity index (χ4n) is 1.74. The van der Waals surface area contributed by atoms with Crippen LogP contribution in [-0.2, 0) is 10.9 Å². The van der Waals surface area contributed by atoms with E-state index in [2.05, 4.69) is 9.72 Å². The Labute approximate surface area is 121 Å². The van der Waals surface area contributed by atoms with Crippen molar-refractivity contribution >= 4 is 17.3 Å². The number of alkyl halides is 3. The van der Waals surface area contributed by atoms with Gasteiger partial charge in [-0.2, -0.15) is 13.2 Å². The van der Waals surface area contributed by atoms with Crippen LogP contribution >= 0.6 is 11.3 Å². The van der Waals surface area contributed by atoms with Crippen molar-refractivity contribution in [2.24, 2.45) is 0 Å². The molecule has 1 aromatic heterocycles. The first-order valence-electron chi connectivity index (χ1n) is 5.66. The van der Waals surface area contributed by atoms with Gasteiger partial charge in [-0.25, -0.2) is 14.2 Å². The van der Waals surface area contributed by atoms with E-state index in [1.54, 1.807) is 6.92 Å². The van der Waals surface area contributed by atoms with E-state index in [4.69, 9.17) is 0 Å². The van der Waals surface area contributed by atoms with Gasteiger partial charge in [-0.1, -0.05) is 0 Å². The Morgan fingerprint density at radius 3 is 2.52 bits per heavy atom. The van der Waals surface area contributed by atoms with Crippen molar-refractivity contribution in [2.75, 3.05) is 7.11 Å². The van der Waals surface area contributed by atoms with Gasteiger partial charge in [0.2, 0.25) is 0 Å². The molecule has 112 valence electrons. The number of esters is 1. The lowest BCUT2D eigenvalue weighted by atomic mass is 10.1. The maximum atomic E-state index is 13.4. The Bertz CT molecular complexity index is 694. The molecule has 0 atom stereocenters. The zero-order valence-corrected chi connectivity index (χ0v) is 11.7. The zero-order chi connectivity index (χ0) is 15.8. The van der Waals surface area contributed by atoms with Crippen molar-refractivity contribution in [3.63, 3.8) is 0 Å². The van der Waals surface area contributed by atoms with Crippen LogP contribution in [0.1, 0.15) is 21.1 Å². The van der Waals surface area contributed by atoms with E-state index in [1.807, 2.05) is 0 Å². The van der Waals surface area contributed by atoms with Gasteiger partial charge in [0.15, 0.2) is 5.69 Å². The topological polar surface area (TPSA) is 39.2 Å². The standard InChI is InChI=1S/C13H9F4NO2S/c1-6-18-10(12(19)20-2)11(21-6)7-3-8(13(15,16)17)5-9(14)4-7/h3-5H,1-2H3. The average molecular weight is 319 g/mol. The number of hydrogen-bond acceptors (Lipinski definition) is 4. The molecule has 0 aliphatic rings. The molecule has 0 aliphatic heterocycles. The van der Waals surface area contributed by atoms with Crippen LogP contribution < -0.4 is 0 Å². The molecule has 0 amide bonds. The highest BCUT2D eigenvalue weighted by Crippen LogP contribution is 2.36. The fraction of sp³-hybridized carbons (Fsp3) is 0.231. The smallest absolute Gasteiger partial charge is 0.416 e. The van der Waals surface area contributed by atoms with Crippen LogP contribution in [-0.4, -0.2) is 18.1 Å². The fourth-order valence-corrected chi connectivity index (χ4v) is 2.64. The third-order valence-electron chi connectivity index (χ3n) is 2.60. The number of rotatable bonds is 2. The second-order valence-electron chi connectivity index (χ2n) is 4.13. The molecule has 0 unspecified atom stereocenters. The lowest BCUT2D eigenvalue weighted by Crippen LogP contribution is -2.07. The van der Waals surface area contributed by atoms with Gasteiger partial charge in [-0.15, -0.1) is 11.3 Å². The number of thiazole rings is 1. The highest BCUT2D eigenvalue weighted by molar-refractivity contribution is 7.15. The lowest BCUT2D eigenvalue weighted by molar-refractivity contribution is -0.137. The molecular formula is C13H9F4NO2S. The van der Waals surface area contributed by atoms with Crippen LogP contribution in [0.25, 0.3) is 10.4 Å². The van der Waals surface area contributed by atoms with Crippen LogP contribution in [0.15, 0.2) is 18.2 Å². The molecule has 21 heavy (non-hydrogen) atoms. The molecule has 0 saturated heterocycles. The number of aromatic nitrogens is 1. The first-order chi connectivity index (χ1) is 9.72. The summed E-state index contributed by atoms with van der Waals surface area (Å²) < 4.78 is 56.1. The normalized spacial score (nSPS) is 11.5. The summed E-state index contributed by atoms with van der Waals surface area (Å²) in [4.78, 5) is 15.7. The number of carbonyl (C=O) groups excluding carboxylic acids is 1. The van der Waals surface area contributed by atoms with Crippen molar-refractivity contribution in [1.82, 2.24) is 4.98 Å². The summed E-state index contributed by atoms with van der Waals surface area (Å²) in [6.07, 6.45) is -4.68. The van der Waals surface area contributed by atoms with Gasteiger partial charge in [0.25, 0.3) is 0 Å². The van der Waals surface area contributed by atoms with Gasteiger partial charge >= 0.3 is 12.1 Å². The highest BCUT2D eigenvalue weighted by Gasteiger charge is 2.32. The molecule has 0 bridgehead atoms. The summed E-state index contributed by atoms with van der Waals surface area (Å²) in [7, 11) is 1.13. The van der Waals surface area contributed by atoms with Crippen LogP contribution in [0.5, 0.6) is 0 Å². The second kappa shape index (κ2) is 5.44. The van der Waals surface area contributed by atoms with Crippen molar-refractivity contribution in [3.05, 3.63) is 40.3 Å². The molecule has 0 fully saturated rings. The average Bonchev–Trinajstić information content (AvgIpc) is 2.78. The second-order valence-corrected chi connectivity index (χ2v) is 5.33. The van der Waals surface area contributed by atoms with Gasteiger partial charge in [0.05, 0.1) is 22.6 Å². The minimum Gasteiger partial charge on any atom is -0.464 e. The van der Waals surface area contributed by atoms with E-state index in [1.165, 1.54) is 0 Å². The Hall–Kier alpha value is -1.96. The Morgan fingerprint density at radius 2 is 1.95 bits per heavy atom. The first-order valence-corrected chi connectivity index (χ1v) is 6.48. The number of methoxy groups -OCH3 is 1. The number of benzene rings is 1. The first kappa shape index (κ1) is 15.4. The van der Waals surface area contributed by atoms with E-state index >= 15 is 0 Å². The van der Waals surface area contributed by atoms with Crippen molar-refractivity contribution in [3.8, 4) is 10.4 Å². The zero-order valence-electron chi connectivity index (χ0n) is 10.9. The molecule has 1 aromatic carbocycles. The van der Waals surface area contributed by atoms with Gasteiger partial charge < -0.3 is 4.74 Å². The van der Waals surface area contributed by atoms with E-state index in [0.29, 0.717) is 11.1 Å². The van der Waals surface area contributed by atoms with E-state index in [9.17, 15) is 22.4 Å². The molecule has 2 aromatic rings. The molecule has 0 N–H and O–H groups in total. The summed E-state index contributed by atoms with van der Waals surface area (Å²) in [6, 6.07) is 2.10. The van der Waals surface area contributed by atoms with Crippen molar-refractivity contribution in [1.29, 1.82) is 0 Å². The molecule has 0 spiro atoms. The quantitative estimate of drug-likeness (QED) is 0.619. The van der Waals surface area contributed by atoms with Gasteiger partial charge in [0.1, 0.15) is 5.82 Å². The molecule has 0 aliphatic carbocycles. The van der Waals surface area contributed by atoms with Gasteiger partial charge in [-0.3, -0.25) is 0 Å². The summed E-state index contributed by atoms with van der Waals surface area (Å²) in [5.41, 5.74) is -1.31. The van der Waals surface area contributed by atoms with Crippen LogP contribution in [0.2, 0.25) is 0 Å². The van der Waals surface area contributed by atoms with Crippen LogP contribution in [0.3, 0.4) is 0 Å². The molecule has 1 heterocycles. The third-order valence-corrected chi connectivity index (χ3v) is 3.62. The molecule has 2 rings (SSSR count). The van der Waals surface area contributed by atoms with E-state index < -0.39 is 23.5 Å². The number of ether oxygens (including phenoxy) is 1. The van der Waals surface area contributed by atoms with Crippen LogP contribution in [0, 0.1) is 12.7 Å². The van der Waals surface area contributed by atoms with Crippen LogP contribution in [0.4, 0.5) is 17.6 Å². The molecule has 0 radical (unpaired) electrons. The Morgan fingerprint density at radius 1 is 1.29 bits per heavy atom. The minimum atomic E-state index is -4.68. The summed E-state index contributed by atoms with van der Waals surface area (Å²) >= 11 is 0.993. The number of halogens is 4. The summed E-state index contributed by atoms with van der Waals surface area (Å²) in [6.45, 7) is 1.59. The highest BCUT2D eigenvalue weighted by atomic mass is 32.1. The maximum Gasteiger partial charge on any atom is 0.416 e. The van der Waals surface area contributed by atoms with E-state index in [0.717, 1.165) is 30.6 Å². The largest absolute Gasteiger partial charge is 0.464 e. The SMILES string of the molecule is COC(=O)c1nc(C)sc1-c1cc(F)cc(C(F)(F)F)c1.